The van der Waals surface area contributed by atoms with Crippen LogP contribution in [0.25, 0.3) is 0 Å². The van der Waals surface area contributed by atoms with Gasteiger partial charge in [0.1, 0.15) is 5.82 Å². The van der Waals surface area contributed by atoms with Crippen LogP contribution in [-0.4, -0.2) is 4.98 Å². The van der Waals surface area contributed by atoms with Gasteiger partial charge in [0.05, 0.1) is 5.88 Å². The van der Waals surface area contributed by atoms with Gasteiger partial charge in [-0.2, -0.15) is 0 Å². The van der Waals surface area contributed by atoms with Crippen LogP contribution in [0.4, 0.5) is 5.82 Å². The highest BCUT2D eigenvalue weighted by atomic mass is 35.5. The second-order valence-electron chi connectivity index (χ2n) is 2.58. The SMILES string of the molecule is Cc1cc(C)c(CCl)c(N)n1. The quantitative estimate of drug-likeness (QED) is 0.655. The molecule has 0 amide bonds. The van der Waals surface area contributed by atoms with Gasteiger partial charge < -0.3 is 5.73 Å². The van der Waals surface area contributed by atoms with E-state index in [2.05, 4.69) is 4.98 Å². The number of anilines is 1. The normalized spacial score (nSPS) is 10.1. The fourth-order valence-corrected chi connectivity index (χ4v) is 1.41. The Labute approximate surface area is 71.4 Å². The van der Waals surface area contributed by atoms with Crippen molar-refractivity contribution in [2.24, 2.45) is 0 Å². The zero-order chi connectivity index (χ0) is 8.43. The molecule has 0 aliphatic rings. The summed E-state index contributed by atoms with van der Waals surface area (Å²) in [7, 11) is 0. The van der Waals surface area contributed by atoms with E-state index in [1.165, 1.54) is 0 Å². The zero-order valence-electron chi connectivity index (χ0n) is 6.69. The van der Waals surface area contributed by atoms with Gasteiger partial charge in [-0.05, 0) is 25.5 Å². The predicted octanol–water partition coefficient (Wildman–Crippen LogP) is 2.02. The van der Waals surface area contributed by atoms with Gasteiger partial charge in [-0.25, -0.2) is 4.98 Å². The topological polar surface area (TPSA) is 38.9 Å². The maximum atomic E-state index is 5.67. The molecule has 0 aromatic carbocycles. The van der Waals surface area contributed by atoms with Crippen LogP contribution in [0, 0.1) is 13.8 Å². The molecule has 1 heterocycles. The maximum Gasteiger partial charge on any atom is 0.128 e. The van der Waals surface area contributed by atoms with Crippen molar-refractivity contribution >= 4 is 17.4 Å². The number of nitrogens with zero attached hydrogens (tertiary/aromatic N) is 1. The molecule has 1 aromatic heterocycles. The zero-order valence-corrected chi connectivity index (χ0v) is 7.44. The second kappa shape index (κ2) is 3.09. The van der Waals surface area contributed by atoms with Gasteiger partial charge in [0.25, 0.3) is 0 Å². The summed E-state index contributed by atoms with van der Waals surface area (Å²) in [5.41, 5.74) is 8.63. The fraction of sp³-hybridized carbons (Fsp3) is 0.375. The molecule has 0 radical (unpaired) electrons. The van der Waals surface area contributed by atoms with Crippen LogP contribution in [0.1, 0.15) is 16.8 Å². The lowest BCUT2D eigenvalue weighted by molar-refractivity contribution is 1.14. The number of aromatic nitrogens is 1. The van der Waals surface area contributed by atoms with Crippen molar-refractivity contribution in [2.45, 2.75) is 19.7 Å². The van der Waals surface area contributed by atoms with Crippen LogP contribution in [0.3, 0.4) is 0 Å². The van der Waals surface area contributed by atoms with Gasteiger partial charge in [-0.3, -0.25) is 0 Å². The third kappa shape index (κ3) is 1.63. The molecule has 11 heavy (non-hydrogen) atoms. The van der Waals surface area contributed by atoms with Crippen LogP contribution in [0.5, 0.6) is 0 Å². The number of rotatable bonds is 1. The van der Waals surface area contributed by atoms with E-state index in [-0.39, 0.29) is 0 Å². The summed E-state index contributed by atoms with van der Waals surface area (Å²) in [5.74, 6) is 0.989. The van der Waals surface area contributed by atoms with Crippen LogP contribution >= 0.6 is 11.6 Å². The molecule has 0 fully saturated rings. The molecule has 0 saturated heterocycles. The number of halogens is 1. The van der Waals surface area contributed by atoms with Crippen molar-refractivity contribution < 1.29 is 0 Å². The lowest BCUT2D eigenvalue weighted by atomic mass is 10.1. The molecular weight excluding hydrogens is 160 g/mol. The van der Waals surface area contributed by atoms with Gasteiger partial charge in [0.15, 0.2) is 0 Å². The summed E-state index contributed by atoms with van der Waals surface area (Å²) in [6, 6.07) is 1.98. The standard InChI is InChI=1S/C8H11ClN2/c1-5-3-6(2)11-8(10)7(5)4-9/h3H,4H2,1-2H3,(H2,10,11). The molecule has 0 unspecified atom stereocenters. The first-order valence-electron chi connectivity index (χ1n) is 3.43. The van der Waals surface area contributed by atoms with Crippen molar-refractivity contribution in [2.75, 3.05) is 5.73 Å². The third-order valence-electron chi connectivity index (χ3n) is 1.64. The lowest BCUT2D eigenvalue weighted by Gasteiger charge is -2.05. The molecule has 0 aliphatic carbocycles. The van der Waals surface area contributed by atoms with E-state index >= 15 is 0 Å². The summed E-state index contributed by atoms with van der Waals surface area (Å²) in [4.78, 5) is 4.10. The minimum Gasteiger partial charge on any atom is -0.383 e. The molecule has 2 N–H and O–H groups in total. The summed E-state index contributed by atoms with van der Waals surface area (Å²) in [5, 5.41) is 0. The van der Waals surface area contributed by atoms with E-state index in [0.717, 1.165) is 16.8 Å². The van der Waals surface area contributed by atoms with E-state index in [0.29, 0.717) is 11.7 Å². The molecule has 3 heteroatoms. The van der Waals surface area contributed by atoms with Gasteiger partial charge in [0.2, 0.25) is 0 Å². The molecule has 0 saturated carbocycles. The molecule has 1 aromatic rings. The lowest BCUT2D eigenvalue weighted by Crippen LogP contribution is -2.00. The number of hydrogen-bond acceptors (Lipinski definition) is 2. The Morgan fingerprint density at radius 1 is 1.55 bits per heavy atom. The van der Waals surface area contributed by atoms with E-state index < -0.39 is 0 Å². The van der Waals surface area contributed by atoms with E-state index in [9.17, 15) is 0 Å². The van der Waals surface area contributed by atoms with Crippen LogP contribution in [-0.2, 0) is 5.88 Å². The monoisotopic (exact) mass is 170 g/mol. The average molecular weight is 171 g/mol. The van der Waals surface area contributed by atoms with Gasteiger partial charge in [-0.15, -0.1) is 11.6 Å². The van der Waals surface area contributed by atoms with E-state index in [1.807, 2.05) is 19.9 Å². The Kier molecular flexibility index (Phi) is 2.35. The highest BCUT2D eigenvalue weighted by molar-refractivity contribution is 6.17. The Bertz CT molecular complexity index is 248. The van der Waals surface area contributed by atoms with Gasteiger partial charge >= 0.3 is 0 Å². The Morgan fingerprint density at radius 2 is 2.18 bits per heavy atom. The molecule has 60 valence electrons. The molecule has 2 nitrogen and oxygen atoms in total. The minimum absolute atomic E-state index is 0.435. The first-order valence-corrected chi connectivity index (χ1v) is 3.97. The highest BCUT2D eigenvalue weighted by Crippen LogP contribution is 2.17. The molecule has 0 bridgehead atoms. The number of nitrogens with two attached hydrogens (primary N) is 1. The van der Waals surface area contributed by atoms with Crippen molar-refractivity contribution in [3.8, 4) is 0 Å². The molecule has 0 atom stereocenters. The van der Waals surface area contributed by atoms with E-state index in [1.54, 1.807) is 0 Å². The largest absolute Gasteiger partial charge is 0.383 e. The minimum atomic E-state index is 0.435. The third-order valence-corrected chi connectivity index (χ3v) is 1.91. The first-order chi connectivity index (χ1) is 5.15. The summed E-state index contributed by atoms with van der Waals surface area (Å²) < 4.78 is 0. The summed E-state index contributed by atoms with van der Waals surface area (Å²) in [6.07, 6.45) is 0. The highest BCUT2D eigenvalue weighted by Gasteiger charge is 2.03. The van der Waals surface area contributed by atoms with Crippen molar-refractivity contribution in [1.82, 2.24) is 4.98 Å². The molecule has 0 aliphatic heterocycles. The van der Waals surface area contributed by atoms with Crippen molar-refractivity contribution in [3.05, 3.63) is 22.9 Å². The fourth-order valence-electron chi connectivity index (χ4n) is 1.07. The van der Waals surface area contributed by atoms with Crippen LogP contribution in [0.15, 0.2) is 6.07 Å². The van der Waals surface area contributed by atoms with Gasteiger partial charge in [0, 0.05) is 11.3 Å². The Hall–Kier alpha value is -0.760. The summed E-state index contributed by atoms with van der Waals surface area (Å²) in [6.45, 7) is 3.91. The van der Waals surface area contributed by atoms with Crippen LogP contribution < -0.4 is 5.73 Å². The number of alkyl halides is 1. The smallest absolute Gasteiger partial charge is 0.128 e. The van der Waals surface area contributed by atoms with E-state index in [4.69, 9.17) is 17.3 Å². The Balaban J connectivity index is 3.25. The summed E-state index contributed by atoms with van der Waals surface area (Å²) >= 11 is 5.67. The van der Waals surface area contributed by atoms with Crippen LogP contribution in [0.2, 0.25) is 0 Å². The van der Waals surface area contributed by atoms with Crippen molar-refractivity contribution in [1.29, 1.82) is 0 Å². The molecular formula is C8H11ClN2. The molecule has 1 rings (SSSR count). The predicted molar refractivity (Wildman–Crippen MR) is 47.7 cm³/mol. The number of pyridine rings is 1. The number of nitrogen functional groups attached to an aromatic ring is 1. The number of aryl methyl sites for hydroxylation is 2. The average Bonchev–Trinajstić information content (AvgIpc) is 1.85. The molecule has 0 spiro atoms. The van der Waals surface area contributed by atoms with Crippen molar-refractivity contribution in [3.63, 3.8) is 0 Å². The first kappa shape index (κ1) is 8.34. The van der Waals surface area contributed by atoms with Gasteiger partial charge in [-0.1, -0.05) is 0 Å². The maximum absolute atomic E-state index is 5.67. The number of hydrogen-bond donors (Lipinski definition) is 1. The Morgan fingerprint density at radius 3 is 2.64 bits per heavy atom. The second-order valence-corrected chi connectivity index (χ2v) is 2.85.